The maximum Gasteiger partial charge on any atom is 0.234 e. The number of oxime groups is 1. The van der Waals surface area contributed by atoms with Crippen molar-refractivity contribution in [2.45, 2.75) is 45.6 Å². The van der Waals surface area contributed by atoms with Gasteiger partial charge in [0.1, 0.15) is 16.9 Å². The first-order chi connectivity index (χ1) is 9.49. The van der Waals surface area contributed by atoms with Crippen molar-refractivity contribution in [2.75, 3.05) is 0 Å². The molecule has 1 heterocycles. The Labute approximate surface area is 118 Å². The van der Waals surface area contributed by atoms with E-state index < -0.39 is 5.41 Å². The van der Waals surface area contributed by atoms with E-state index in [0.717, 1.165) is 18.6 Å². The smallest absolute Gasteiger partial charge is 0.234 e. The zero-order chi connectivity index (χ0) is 14.8. The van der Waals surface area contributed by atoms with Gasteiger partial charge in [-0.1, -0.05) is 18.0 Å². The highest BCUT2D eigenvalue weighted by Crippen LogP contribution is 2.39. The van der Waals surface area contributed by atoms with Crippen molar-refractivity contribution in [3.63, 3.8) is 0 Å². The minimum Gasteiger partial charge on any atom is -0.464 e. The fourth-order valence-corrected chi connectivity index (χ4v) is 2.77. The minimum atomic E-state index is -0.884. The Morgan fingerprint density at radius 2 is 2.15 bits per heavy atom. The molecule has 1 aliphatic rings. The molecule has 0 spiro atoms. The zero-order valence-corrected chi connectivity index (χ0v) is 11.8. The fourth-order valence-electron chi connectivity index (χ4n) is 2.77. The molecule has 0 bridgehead atoms. The molecule has 1 aliphatic carbocycles. The molecule has 2 rings (SSSR count). The molecule has 20 heavy (non-hydrogen) atoms. The molecule has 1 aromatic rings. The van der Waals surface area contributed by atoms with Gasteiger partial charge in [0, 0.05) is 0 Å². The van der Waals surface area contributed by atoms with E-state index in [9.17, 15) is 4.79 Å². The maximum absolute atomic E-state index is 12.5. The first-order valence-corrected chi connectivity index (χ1v) is 6.85. The molecular formula is C14H21N3O3. The molecule has 4 N–H and O–H groups in total. The molecule has 1 fully saturated rings. The van der Waals surface area contributed by atoms with Crippen molar-refractivity contribution < 1.29 is 14.4 Å². The minimum absolute atomic E-state index is 0.00433. The van der Waals surface area contributed by atoms with Gasteiger partial charge in [0.05, 0.1) is 6.04 Å². The summed E-state index contributed by atoms with van der Waals surface area (Å²) in [5, 5.41) is 14.9. The number of hydrogen-bond acceptors (Lipinski definition) is 4. The second kappa shape index (κ2) is 5.56. The van der Waals surface area contributed by atoms with Crippen LogP contribution in [0.2, 0.25) is 0 Å². The second-order valence-corrected chi connectivity index (χ2v) is 5.42. The third-order valence-electron chi connectivity index (χ3n) is 4.03. The predicted octanol–water partition coefficient (Wildman–Crippen LogP) is 2.07. The van der Waals surface area contributed by atoms with Crippen molar-refractivity contribution >= 4 is 11.7 Å². The third kappa shape index (κ3) is 2.50. The normalized spacial score (nSPS) is 19.8. The van der Waals surface area contributed by atoms with Gasteiger partial charge in [0.15, 0.2) is 5.84 Å². The summed E-state index contributed by atoms with van der Waals surface area (Å²) in [6, 6.07) is 3.44. The quantitative estimate of drug-likeness (QED) is 0.340. The molecule has 0 radical (unpaired) electrons. The Balaban J connectivity index is 2.13. The van der Waals surface area contributed by atoms with Crippen molar-refractivity contribution in [3.05, 3.63) is 23.7 Å². The molecular weight excluding hydrogens is 258 g/mol. The van der Waals surface area contributed by atoms with Crippen LogP contribution in [0.15, 0.2) is 21.7 Å². The molecule has 1 saturated carbocycles. The van der Waals surface area contributed by atoms with Crippen molar-refractivity contribution in [3.8, 4) is 0 Å². The average Bonchev–Trinajstić information content (AvgIpc) is 3.07. The Bertz CT molecular complexity index is 515. The van der Waals surface area contributed by atoms with Crippen LogP contribution in [-0.4, -0.2) is 17.0 Å². The number of carbonyl (C=O) groups is 1. The Morgan fingerprint density at radius 1 is 1.50 bits per heavy atom. The van der Waals surface area contributed by atoms with E-state index in [-0.39, 0.29) is 17.8 Å². The highest BCUT2D eigenvalue weighted by atomic mass is 16.4. The number of furan rings is 1. The monoisotopic (exact) mass is 279 g/mol. The largest absolute Gasteiger partial charge is 0.464 e. The molecule has 1 unspecified atom stereocenters. The summed E-state index contributed by atoms with van der Waals surface area (Å²) in [6.45, 7) is 3.71. The molecule has 0 aliphatic heterocycles. The standard InChI is InChI=1S/C14H21N3O3/c1-9-5-6-11(20-9)10(2)16-13(18)14(12(15)17-19)7-3-4-8-14/h5-6,10,19H,3-4,7-8H2,1-2H3,(H2,15,17)(H,16,18). The number of nitrogens with zero attached hydrogens (tertiary/aromatic N) is 1. The Hall–Kier alpha value is -1.98. The lowest BCUT2D eigenvalue weighted by molar-refractivity contribution is -0.128. The second-order valence-electron chi connectivity index (χ2n) is 5.42. The zero-order valence-electron chi connectivity index (χ0n) is 11.8. The first-order valence-electron chi connectivity index (χ1n) is 6.85. The number of hydrogen-bond donors (Lipinski definition) is 3. The molecule has 0 saturated heterocycles. The fraction of sp³-hybridized carbons (Fsp3) is 0.571. The van der Waals surface area contributed by atoms with Crippen LogP contribution in [0.25, 0.3) is 0 Å². The lowest BCUT2D eigenvalue weighted by Gasteiger charge is -2.27. The van der Waals surface area contributed by atoms with Gasteiger partial charge in [-0.15, -0.1) is 0 Å². The first kappa shape index (κ1) is 14.4. The number of nitrogens with two attached hydrogens (primary N) is 1. The maximum atomic E-state index is 12.5. The lowest BCUT2D eigenvalue weighted by Crippen LogP contribution is -2.48. The summed E-state index contributed by atoms with van der Waals surface area (Å²) in [5.74, 6) is 1.29. The number of carbonyl (C=O) groups excluding carboxylic acids is 1. The van der Waals surface area contributed by atoms with E-state index in [2.05, 4.69) is 10.5 Å². The van der Waals surface area contributed by atoms with Crippen LogP contribution in [0.1, 0.15) is 50.2 Å². The Kier molecular flexibility index (Phi) is 4.01. The molecule has 0 aromatic carbocycles. The number of rotatable bonds is 4. The average molecular weight is 279 g/mol. The van der Waals surface area contributed by atoms with Gasteiger partial charge in [-0.05, 0) is 38.8 Å². The van der Waals surface area contributed by atoms with Gasteiger partial charge in [0.2, 0.25) is 5.91 Å². The molecule has 1 amide bonds. The van der Waals surface area contributed by atoms with Crippen LogP contribution in [0, 0.1) is 12.3 Å². The van der Waals surface area contributed by atoms with Crippen LogP contribution in [0.3, 0.4) is 0 Å². The van der Waals surface area contributed by atoms with Crippen LogP contribution < -0.4 is 11.1 Å². The number of amidine groups is 1. The van der Waals surface area contributed by atoms with Crippen molar-refractivity contribution in [2.24, 2.45) is 16.3 Å². The van der Waals surface area contributed by atoms with Gasteiger partial charge in [-0.3, -0.25) is 4.79 Å². The molecule has 6 heteroatoms. The summed E-state index contributed by atoms with van der Waals surface area (Å²) in [7, 11) is 0. The van der Waals surface area contributed by atoms with Gasteiger partial charge in [-0.25, -0.2) is 0 Å². The molecule has 1 aromatic heterocycles. The number of nitrogens with one attached hydrogen (secondary N) is 1. The lowest BCUT2D eigenvalue weighted by atomic mass is 9.83. The number of aryl methyl sites for hydroxylation is 1. The molecule has 6 nitrogen and oxygen atoms in total. The summed E-state index contributed by atoms with van der Waals surface area (Å²) < 4.78 is 5.50. The predicted molar refractivity (Wildman–Crippen MR) is 74.3 cm³/mol. The summed E-state index contributed by atoms with van der Waals surface area (Å²) in [4.78, 5) is 12.5. The summed E-state index contributed by atoms with van der Waals surface area (Å²) in [5.41, 5.74) is 4.86. The van der Waals surface area contributed by atoms with E-state index in [1.54, 1.807) is 0 Å². The van der Waals surface area contributed by atoms with Gasteiger partial charge < -0.3 is 20.7 Å². The van der Waals surface area contributed by atoms with Gasteiger partial charge >= 0.3 is 0 Å². The molecule has 110 valence electrons. The van der Waals surface area contributed by atoms with E-state index in [4.69, 9.17) is 15.4 Å². The highest BCUT2D eigenvalue weighted by Gasteiger charge is 2.45. The Morgan fingerprint density at radius 3 is 2.65 bits per heavy atom. The van der Waals surface area contributed by atoms with Crippen molar-refractivity contribution in [1.82, 2.24) is 5.32 Å². The van der Waals surface area contributed by atoms with Crippen LogP contribution >= 0.6 is 0 Å². The van der Waals surface area contributed by atoms with E-state index in [0.29, 0.717) is 18.6 Å². The third-order valence-corrected chi connectivity index (χ3v) is 4.03. The van der Waals surface area contributed by atoms with Crippen LogP contribution in [0.5, 0.6) is 0 Å². The van der Waals surface area contributed by atoms with E-state index in [1.165, 1.54) is 0 Å². The van der Waals surface area contributed by atoms with Gasteiger partial charge in [0.25, 0.3) is 0 Å². The highest BCUT2D eigenvalue weighted by molar-refractivity contribution is 6.07. The van der Waals surface area contributed by atoms with Crippen LogP contribution in [-0.2, 0) is 4.79 Å². The van der Waals surface area contributed by atoms with Gasteiger partial charge in [-0.2, -0.15) is 0 Å². The van der Waals surface area contributed by atoms with E-state index in [1.807, 2.05) is 26.0 Å². The van der Waals surface area contributed by atoms with E-state index >= 15 is 0 Å². The van der Waals surface area contributed by atoms with Crippen LogP contribution in [0.4, 0.5) is 0 Å². The number of amides is 1. The van der Waals surface area contributed by atoms with Crippen molar-refractivity contribution in [1.29, 1.82) is 0 Å². The SMILES string of the molecule is Cc1ccc(C(C)NC(=O)C2(C(N)=NO)CCCC2)o1. The topological polar surface area (TPSA) is 101 Å². The summed E-state index contributed by atoms with van der Waals surface area (Å²) in [6.07, 6.45) is 3.02. The summed E-state index contributed by atoms with van der Waals surface area (Å²) >= 11 is 0. The molecule has 1 atom stereocenters.